The molecule has 2 nitrogen and oxygen atoms in total. The van der Waals surface area contributed by atoms with Gasteiger partial charge < -0.3 is 9.47 Å². The van der Waals surface area contributed by atoms with Crippen LogP contribution in [0, 0.1) is 5.92 Å². The molecule has 1 aromatic carbocycles. The van der Waals surface area contributed by atoms with E-state index in [1.54, 1.807) is 0 Å². The van der Waals surface area contributed by atoms with Gasteiger partial charge in [-0.25, -0.2) is 0 Å². The molecule has 0 unspecified atom stereocenters. The van der Waals surface area contributed by atoms with E-state index >= 15 is 0 Å². The second-order valence-electron chi connectivity index (χ2n) is 4.14. The minimum atomic E-state index is 0.547. The predicted molar refractivity (Wildman–Crippen MR) is 52.9 cm³/mol. The van der Waals surface area contributed by atoms with Crippen molar-refractivity contribution in [3.63, 3.8) is 0 Å². The van der Waals surface area contributed by atoms with Gasteiger partial charge in [0.25, 0.3) is 0 Å². The van der Waals surface area contributed by atoms with Crippen molar-refractivity contribution in [2.45, 2.75) is 25.2 Å². The Bertz CT molecular complexity index is 309. The van der Waals surface area contributed by atoms with Crippen LogP contribution in [-0.2, 0) is 16.1 Å². The molecule has 2 heteroatoms. The van der Waals surface area contributed by atoms with Crippen LogP contribution in [0.15, 0.2) is 30.3 Å². The zero-order valence-electron chi connectivity index (χ0n) is 8.06. The molecule has 0 N–H and O–H groups in total. The molecule has 1 saturated heterocycles. The van der Waals surface area contributed by atoms with Gasteiger partial charge in [-0.05, 0) is 12.0 Å². The summed E-state index contributed by atoms with van der Waals surface area (Å²) >= 11 is 0. The third kappa shape index (κ3) is 1.56. The number of ether oxygens (including phenoxy) is 2. The lowest BCUT2D eigenvalue weighted by atomic mass is 9.86. The number of epoxide rings is 1. The predicted octanol–water partition coefficient (Wildman–Crippen LogP) is 1.99. The Morgan fingerprint density at radius 2 is 2.14 bits per heavy atom. The van der Waals surface area contributed by atoms with Gasteiger partial charge in [0.05, 0.1) is 25.4 Å². The fraction of sp³-hybridized carbons (Fsp3) is 0.500. The molecule has 3 atom stereocenters. The summed E-state index contributed by atoms with van der Waals surface area (Å²) in [5.41, 5.74) is 1.25. The Hall–Kier alpha value is -0.860. The molecule has 1 saturated carbocycles. The lowest BCUT2D eigenvalue weighted by Gasteiger charge is -2.19. The third-order valence-electron chi connectivity index (χ3n) is 3.06. The van der Waals surface area contributed by atoms with E-state index in [1.165, 1.54) is 12.0 Å². The van der Waals surface area contributed by atoms with Crippen molar-refractivity contribution in [3.8, 4) is 0 Å². The number of hydrogen-bond donors (Lipinski definition) is 0. The fourth-order valence-corrected chi connectivity index (χ4v) is 2.06. The molecule has 1 aliphatic heterocycles. The maximum absolute atomic E-state index is 5.64. The number of rotatable bonds is 4. The summed E-state index contributed by atoms with van der Waals surface area (Å²) < 4.78 is 11.0. The van der Waals surface area contributed by atoms with Crippen molar-refractivity contribution < 1.29 is 9.47 Å². The van der Waals surface area contributed by atoms with Crippen LogP contribution in [0.25, 0.3) is 0 Å². The first-order chi connectivity index (χ1) is 6.93. The second kappa shape index (κ2) is 3.37. The molecule has 0 bridgehead atoms. The van der Waals surface area contributed by atoms with Gasteiger partial charge in [0, 0.05) is 5.92 Å². The van der Waals surface area contributed by atoms with Gasteiger partial charge in [-0.1, -0.05) is 30.3 Å². The molecule has 3 rings (SSSR count). The normalized spacial score (nSPS) is 33.3. The van der Waals surface area contributed by atoms with E-state index < -0.39 is 0 Å². The Balaban J connectivity index is 1.42. The van der Waals surface area contributed by atoms with Crippen molar-refractivity contribution >= 4 is 0 Å². The van der Waals surface area contributed by atoms with E-state index in [1.807, 2.05) is 18.2 Å². The van der Waals surface area contributed by atoms with Crippen LogP contribution in [0.3, 0.4) is 0 Å². The van der Waals surface area contributed by atoms with Gasteiger partial charge in [-0.3, -0.25) is 0 Å². The van der Waals surface area contributed by atoms with E-state index in [0.29, 0.717) is 18.1 Å². The number of hydrogen-bond acceptors (Lipinski definition) is 2. The standard InChI is InChI=1S/C12H14O2/c1-2-4-9(5-3-1)7-13-8-10-6-11-12(10)14-11/h1-5,10-12H,6-8H2/t10-,11+,12-/m1/s1. The first-order valence-electron chi connectivity index (χ1n) is 5.20. The molecule has 1 heterocycles. The molecular weight excluding hydrogens is 176 g/mol. The van der Waals surface area contributed by atoms with Gasteiger partial charge in [0.2, 0.25) is 0 Å². The van der Waals surface area contributed by atoms with Crippen LogP contribution in [0.5, 0.6) is 0 Å². The highest BCUT2D eigenvalue weighted by molar-refractivity contribution is 5.13. The molecule has 0 amide bonds. The fourth-order valence-electron chi connectivity index (χ4n) is 2.06. The summed E-state index contributed by atoms with van der Waals surface area (Å²) in [6, 6.07) is 10.3. The zero-order valence-corrected chi connectivity index (χ0v) is 8.06. The Morgan fingerprint density at radius 3 is 2.79 bits per heavy atom. The molecule has 14 heavy (non-hydrogen) atoms. The van der Waals surface area contributed by atoms with Gasteiger partial charge in [-0.2, -0.15) is 0 Å². The summed E-state index contributed by atoms with van der Waals surface area (Å²) in [5, 5.41) is 0. The lowest BCUT2D eigenvalue weighted by molar-refractivity contribution is 0.0697. The molecule has 2 aliphatic rings. The third-order valence-corrected chi connectivity index (χ3v) is 3.06. The SMILES string of the molecule is c1ccc(COC[C@H]2C[C@@H]3O[C@H]23)cc1. The molecule has 2 fully saturated rings. The van der Waals surface area contributed by atoms with Crippen molar-refractivity contribution in [1.82, 2.24) is 0 Å². The van der Waals surface area contributed by atoms with E-state index in [-0.39, 0.29) is 0 Å². The highest BCUT2D eigenvalue weighted by Gasteiger charge is 2.55. The quantitative estimate of drug-likeness (QED) is 0.677. The summed E-state index contributed by atoms with van der Waals surface area (Å²) in [6.45, 7) is 1.59. The minimum absolute atomic E-state index is 0.547. The molecule has 0 aromatic heterocycles. The van der Waals surface area contributed by atoms with Crippen LogP contribution in [0.4, 0.5) is 0 Å². The number of fused-ring (bicyclic) bond motifs is 1. The first kappa shape index (κ1) is 8.45. The van der Waals surface area contributed by atoms with Crippen molar-refractivity contribution in [3.05, 3.63) is 35.9 Å². The maximum Gasteiger partial charge on any atom is 0.0893 e. The van der Waals surface area contributed by atoms with E-state index in [0.717, 1.165) is 13.2 Å². The average Bonchev–Trinajstić information content (AvgIpc) is 2.86. The molecular formula is C12H14O2. The number of benzene rings is 1. The highest BCUT2D eigenvalue weighted by atomic mass is 16.6. The van der Waals surface area contributed by atoms with E-state index in [4.69, 9.17) is 9.47 Å². The summed E-state index contributed by atoms with van der Waals surface area (Å²) in [7, 11) is 0. The van der Waals surface area contributed by atoms with Crippen LogP contribution in [-0.4, -0.2) is 18.8 Å². The Morgan fingerprint density at radius 1 is 1.29 bits per heavy atom. The zero-order chi connectivity index (χ0) is 9.38. The summed E-state index contributed by atoms with van der Waals surface area (Å²) in [5.74, 6) is 0.670. The summed E-state index contributed by atoms with van der Waals surface area (Å²) in [6.07, 6.45) is 2.35. The second-order valence-corrected chi connectivity index (χ2v) is 4.14. The summed E-state index contributed by atoms with van der Waals surface area (Å²) in [4.78, 5) is 0. The Kier molecular flexibility index (Phi) is 2.03. The Labute approximate surface area is 83.8 Å². The van der Waals surface area contributed by atoms with Crippen LogP contribution in [0.1, 0.15) is 12.0 Å². The van der Waals surface area contributed by atoms with Crippen LogP contribution in [0.2, 0.25) is 0 Å². The largest absolute Gasteiger partial charge is 0.376 e. The van der Waals surface area contributed by atoms with Gasteiger partial charge in [-0.15, -0.1) is 0 Å². The average molecular weight is 190 g/mol. The first-order valence-corrected chi connectivity index (χ1v) is 5.20. The monoisotopic (exact) mass is 190 g/mol. The molecule has 1 aliphatic carbocycles. The minimum Gasteiger partial charge on any atom is -0.376 e. The van der Waals surface area contributed by atoms with Gasteiger partial charge in [0.1, 0.15) is 0 Å². The van der Waals surface area contributed by atoms with Gasteiger partial charge in [0.15, 0.2) is 0 Å². The van der Waals surface area contributed by atoms with Crippen molar-refractivity contribution in [2.75, 3.05) is 6.61 Å². The van der Waals surface area contributed by atoms with Crippen LogP contribution < -0.4 is 0 Å². The maximum atomic E-state index is 5.64. The molecule has 0 spiro atoms. The molecule has 1 aromatic rings. The highest BCUT2D eigenvalue weighted by Crippen LogP contribution is 2.46. The topological polar surface area (TPSA) is 21.8 Å². The van der Waals surface area contributed by atoms with Crippen molar-refractivity contribution in [2.24, 2.45) is 5.92 Å². The van der Waals surface area contributed by atoms with E-state index in [9.17, 15) is 0 Å². The van der Waals surface area contributed by atoms with E-state index in [2.05, 4.69) is 12.1 Å². The van der Waals surface area contributed by atoms with Crippen molar-refractivity contribution in [1.29, 1.82) is 0 Å². The van der Waals surface area contributed by atoms with Gasteiger partial charge >= 0.3 is 0 Å². The molecule has 74 valence electrons. The van der Waals surface area contributed by atoms with Crippen LogP contribution >= 0.6 is 0 Å². The molecule has 0 radical (unpaired) electrons. The smallest absolute Gasteiger partial charge is 0.0893 e. The lowest BCUT2D eigenvalue weighted by Crippen LogP contribution is -2.27.